The summed E-state index contributed by atoms with van der Waals surface area (Å²) in [7, 11) is 2.11. The molecule has 3 heterocycles. The lowest BCUT2D eigenvalue weighted by Crippen LogP contribution is -2.31. The average Bonchev–Trinajstić information content (AvgIpc) is 2.74. The minimum Gasteiger partial charge on any atom is -0.374 e. The van der Waals surface area contributed by atoms with Crippen LogP contribution >= 0.6 is 0 Å². The third-order valence-corrected chi connectivity index (χ3v) is 6.51. The highest BCUT2D eigenvalue weighted by molar-refractivity contribution is 5.93. The molecule has 0 saturated carbocycles. The summed E-state index contributed by atoms with van der Waals surface area (Å²) < 4.78 is 0. The number of fused-ring (bicyclic) bond motifs is 1. The minimum atomic E-state index is -0.325. The molecule has 0 aliphatic carbocycles. The van der Waals surface area contributed by atoms with Crippen molar-refractivity contribution in [3.05, 3.63) is 63.1 Å². The first-order valence-electron chi connectivity index (χ1n) is 11.7. The number of carbonyl (C=O) groups excluding carboxylic acids is 1. The molecule has 2 aromatic rings. The van der Waals surface area contributed by atoms with E-state index < -0.39 is 0 Å². The third kappa shape index (κ3) is 5.56. The maximum absolute atomic E-state index is 12.6. The normalized spacial score (nSPS) is 17.5. The molecule has 4 rings (SSSR count). The number of aryl methyl sites for hydroxylation is 1. The molecule has 0 unspecified atom stereocenters. The molecule has 6 heteroatoms. The van der Waals surface area contributed by atoms with Crippen LogP contribution in [0.2, 0.25) is 0 Å². The molecule has 2 aliphatic heterocycles. The number of nitrogens with one attached hydrogen (secondary N) is 2. The van der Waals surface area contributed by atoms with E-state index in [0.29, 0.717) is 6.54 Å². The fourth-order valence-corrected chi connectivity index (χ4v) is 4.72. The standard InChI is InChI=1S/C25H34N4O2/c1-28-13-7-8-20-16-19(9-12-23(20)28)17-26-24(30)22-11-10-21(27-25(22)31)18-29-14-5-3-2-4-6-15-29/h9-12,16H,2-8,13-15,17-18H2,1H3,(H,26,30)(H,27,31). The number of carbonyl (C=O) groups is 1. The molecular formula is C25H34N4O2. The Kier molecular flexibility index (Phi) is 7.07. The molecule has 1 aromatic carbocycles. The highest BCUT2D eigenvalue weighted by atomic mass is 16.2. The Bertz CT molecular complexity index is 960. The van der Waals surface area contributed by atoms with Crippen LogP contribution in [0.3, 0.4) is 0 Å². The quantitative estimate of drug-likeness (QED) is 0.774. The van der Waals surface area contributed by atoms with Gasteiger partial charge < -0.3 is 15.2 Å². The summed E-state index contributed by atoms with van der Waals surface area (Å²) in [5.41, 5.74) is 4.40. The van der Waals surface area contributed by atoms with Gasteiger partial charge in [0.15, 0.2) is 0 Å². The van der Waals surface area contributed by atoms with Gasteiger partial charge in [-0.15, -0.1) is 0 Å². The van der Waals surface area contributed by atoms with Crippen molar-refractivity contribution in [1.29, 1.82) is 0 Å². The van der Waals surface area contributed by atoms with E-state index in [4.69, 9.17) is 0 Å². The number of pyridine rings is 1. The molecule has 1 saturated heterocycles. The number of nitrogens with zero attached hydrogens (tertiary/aromatic N) is 2. The second-order valence-corrected chi connectivity index (χ2v) is 8.94. The molecule has 1 amide bonds. The van der Waals surface area contributed by atoms with Crippen LogP contribution in [0.1, 0.15) is 65.7 Å². The smallest absolute Gasteiger partial charge is 0.261 e. The van der Waals surface area contributed by atoms with E-state index >= 15 is 0 Å². The Labute approximate surface area is 184 Å². The van der Waals surface area contributed by atoms with E-state index in [0.717, 1.165) is 50.3 Å². The Hall–Kier alpha value is -2.60. The van der Waals surface area contributed by atoms with Gasteiger partial charge in [-0.25, -0.2) is 0 Å². The van der Waals surface area contributed by atoms with Crippen molar-refractivity contribution in [1.82, 2.24) is 15.2 Å². The molecule has 0 bridgehead atoms. The number of aromatic nitrogens is 1. The molecule has 1 aromatic heterocycles. The predicted octanol–water partition coefficient (Wildman–Crippen LogP) is 3.45. The number of amides is 1. The summed E-state index contributed by atoms with van der Waals surface area (Å²) >= 11 is 0. The molecular weight excluding hydrogens is 388 g/mol. The maximum atomic E-state index is 12.6. The molecule has 0 radical (unpaired) electrons. The molecule has 0 spiro atoms. The summed E-state index contributed by atoms with van der Waals surface area (Å²) in [5, 5.41) is 2.91. The van der Waals surface area contributed by atoms with Crippen LogP contribution in [-0.2, 0) is 19.5 Å². The molecule has 1 fully saturated rings. The maximum Gasteiger partial charge on any atom is 0.261 e. The van der Waals surface area contributed by atoms with Crippen LogP contribution in [-0.4, -0.2) is 42.5 Å². The molecule has 0 atom stereocenters. The summed E-state index contributed by atoms with van der Waals surface area (Å²) in [6.45, 7) is 4.38. The summed E-state index contributed by atoms with van der Waals surface area (Å²) in [5.74, 6) is -0.325. The number of benzene rings is 1. The number of H-pyrrole nitrogens is 1. The molecule has 2 aliphatic rings. The topological polar surface area (TPSA) is 68.4 Å². The molecule has 166 valence electrons. The monoisotopic (exact) mass is 422 g/mol. The first-order chi connectivity index (χ1) is 15.1. The number of likely N-dealkylation sites (tertiary alicyclic amines) is 1. The molecule has 6 nitrogen and oxygen atoms in total. The van der Waals surface area contributed by atoms with Crippen LogP contribution < -0.4 is 15.8 Å². The minimum absolute atomic E-state index is 0.175. The summed E-state index contributed by atoms with van der Waals surface area (Å²) in [6, 6.07) is 9.89. The fraction of sp³-hybridized carbons (Fsp3) is 0.520. The largest absolute Gasteiger partial charge is 0.374 e. The van der Waals surface area contributed by atoms with Gasteiger partial charge in [0.25, 0.3) is 11.5 Å². The van der Waals surface area contributed by atoms with Crippen molar-refractivity contribution in [2.75, 3.05) is 31.6 Å². The molecule has 31 heavy (non-hydrogen) atoms. The zero-order valence-electron chi connectivity index (χ0n) is 18.6. The van der Waals surface area contributed by atoms with Gasteiger partial charge in [0, 0.05) is 38.1 Å². The van der Waals surface area contributed by atoms with Gasteiger partial charge in [-0.1, -0.05) is 31.4 Å². The number of anilines is 1. The number of hydrogen-bond acceptors (Lipinski definition) is 4. The van der Waals surface area contributed by atoms with Crippen molar-refractivity contribution < 1.29 is 4.79 Å². The SMILES string of the molecule is CN1CCCc2cc(CNC(=O)c3ccc(CN4CCCCCCC4)[nH]c3=O)ccc21. The number of rotatable bonds is 5. The van der Waals surface area contributed by atoms with Crippen LogP contribution in [0.25, 0.3) is 0 Å². The van der Waals surface area contributed by atoms with E-state index in [2.05, 4.69) is 45.3 Å². The lowest BCUT2D eigenvalue weighted by Gasteiger charge is -2.27. The number of hydrogen-bond donors (Lipinski definition) is 2. The van der Waals surface area contributed by atoms with Gasteiger partial charge in [-0.05, 0) is 68.1 Å². The number of aromatic amines is 1. The van der Waals surface area contributed by atoms with Crippen molar-refractivity contribution >= 4 is 11.6 Å². The van der Waals surface area contributed by atoms with Crippen LogP contribution in [0.4, 0.5) is 5.69 Å². The van der Waals surface area contributed by atoms with E-state index in [1.54, 1.807) is 6.07 Å². The Morgan fingerprint density at radius 3 is 2.55 bits per heavy atom. The third-order valence-electron chi connectivity index (χ3n) is 6.51. The van der Waals surface area contributed by atoms with Gasteiger partial charge in [0.1, 0.15) is 5.56 Å². The van der Waals surface area contributed by atoms with Gasteiger partial charge in [0.05, 0.1) is 0 Å². The van der Waals surface area contributed by atoms with Crippen molar-refractivity contribution in [3.63, 3.8) is 0 Å². The first-order valence-corrected chi connectivity index (χ1v) is 11.7. The lowest BCUT2D eigenvalue weighted by atomic mass is 9.99. The zero-order chi connectivity index (χ0) is 21.6. The second kappa shape index (κ2) is 10.1. The van der Waals surface area contributed by atoms with Crippen molar-refractivity contribution in [2.45, 2.75) is 58.0 Å². The summed E-state index contributed by atoms with van der Waals surface area (Å²) in [4.78, 5) is 32.8. The van der Waals surface area contributed by atoms with Gasteiger partial charge in [-0.3, -0.25) is 14.5 Å². The van der Waals surface area contributed by atoms with E-state index in [1.165, 1.54) is 43.4 Å². The Morgan fingerprint density at radius 1 is 1.00 bits per heavy atom. The van der Waals surface area contributed by atoms with Crippen molar-refractivity contribution in [2.24, 2.45) is 0 Å². The Balaban J connectivity index is 1.36. The van der Waals surface area contributed by atoms with Gasteiger partial charge in [-0.2, -0.15) is 0 Å². The zero-order valence-corrected chi connectivity index (χ0v) is 18.6. The first kappa shape index (κ1) is 21.6. The van der Waals surface area contributed by atoms with Gasteiger partial charge in [0.2, 0.25) is 0 Å². The van der Waals surface area contributed by atoms with Crippen LogP contribution in [0.5, 0.6) is 0 Å². The fourth-order valence-electron chi connectivity index (χ4n) is 4.72. The highest BCUT2D eigenvalue weighted by Gasteiger charge is 2.16. The Morgan fingerprint density at radius 2 is 1.77 bits per heavy atom. The molecule has 2 N–H and O–H groups in total. The lowest BCUT2D eigenvalue weighted by molar-refractivity contribution is 0.0949. The van der Waals surface area contributed by atoms with Gasteiger partial charge >= 0.3 is 0 Å². The van der Waals surface area contributed by atoms with E-state index in [1.807, 2.05) is 6.07 Å². The predicted molar refractivity (Wildman–Crippen MR) is 125 cm³/mol. The van der Waals surface area contributed by atoms with Crippen LogP contribution in [0, 0.1) is 0 Å². The van der Waals surface area contributed by atoms with Crippen LogP contribution in [0.15, 0.2) is 35.1 Å². The second-order valence-electron chi connectivity index (χ2n) is 8.94. The average molecular weight is 423 g/mol. The summed E-state index contributed by atoms with van der Waals surface area (Å²) in [6.07, 6.45) is 8.54. The van der Waals surface area contributed by atoms with E-state index in [-0.39, 0.29) is 17.0 Å². The van der Waals surface area contributed by atoms with E-state index in [9.17, 15) is 9.59 Å². The highest BCUT2D eigenvalue weighted by Crippen LogP contribution is 2.26. The van der Waals surface area contributed by atoms with Crippen molar-refractivity contribution in [3.8, 4) is 0 Å².